The SMILES string of the molecule is CCCCN(CC)c1nc(C(=O)O)c(C)s1. The van der Waals surface area contributed by atoms with Gasteiger partial charge in [-0.15, -0.1) is 11.3 Å². The molecule has 0 aromatic carbocycles. The summed E-state index contributed by atoms with van der Waals surface area (Å²) in [6, 6.07) is 0. The Labute approximate surface area is 99.9 Å². The van der Waals surface area contributed by atoms with Crippen LogP contribution in [0.25, 0.3) is 0 Å². The van der Waals surface area contributed by atoms with E-state index in [9.17, 15) is 4.79 Å². The van der Waals surface area contributed by atoms with E-state index in [0.29, 0.717) is 0 Å². The molecule has 0 saturated heterocycles. The fraction of sp³-hybridized carbons (Fsp3) is 0.636. The maximum atomic E-state index is 10.9. The molecule has 0 amide bonds. The molecule has 0 fully saturated rings. The summed E-state index contributed by atoms with van der Waals surface area (Å²) in [5, 5.41) is 9.76. The quantitative estimate of drug-likeness (QED) is 0.833. The van der Waals surface area contributed by atoms with E-state index in [1.54, 1.807) is 6.92 Å². The number of hydrogen-bond donors (Lipinski definition) is 1. The van der Waals surface area contributed by atoms with Gasteiger partial charge in [0.15, 0.2) is 10.8 Å². The van der Waals surface area contributed by atoms with E-state index in [1.165, 1.54) is 11.3 Å². The molecular weight excluding hydrogens is 224 g/mol. The van der Waals surface area contributed by atoms with Crippen molar-refractivity contribution < 1.29 is 9.90 Å². The topological polar surface area (TPSA) is 53.4 Å². The van der Waals surface area contributed by atoms with E-state index in [4.69, 9.17) is 5.11 Å². The molecule has 0 aliphatic rings. The van der Waals surface area contributed by atoms with Gasteiger partial charge in [-0.1, -0.05) is 13.3 Å². The minimum absolute atomic E-state index is 0.190. The van der Waals surface area contributed by atoms with E-state index in [1.807, 2.05) is 0 Å². The Balaban J connectivity index is 2.85. The molecule has 0 bridgehead atoms. The van der Waals surface area contributed by atoms with Crippen LogP contribution in [-0.2, 0) is 0 Å². The van der Waals surface area contributed by atoms with Gasteiger partial charge in [-0.3, -0.25) is 0 Å². The van der Waals surface area contributed by atoms with Crippen LogP contribution in [0.15, 0.2) is 0 Å². The second-order valence-corrected chi connectivity index (χ2v) is 4.82. The zero-order chi connectivity index (χ0) is 12.1. The van der Waals surface area contributed by atoms with Gasteiger partial charge < -0.3 is 10.0 Å². The molecule has 1 N–H and O–H groups in total. The summed E-state index contributed by atoms with van der Waals surface area (Å²) in [7, 11) is 0. The van der Waals surface area contributed by atoms with Crippen molar-refractivity contribution in [2.24, 2.45) is 0 Å². The highest BCUT2D eigenvalue weighted by molar-refractivity contribution is 7.15. The third kappa shape index (κ3) is 2.95. The van der Waals surface area contributed by atoms with Gasteiger partial charge in [-0.25, -0.2) is 9.78 Å². The molecule has 0 saturated carbocycles. The second-order valence-electron chi connectivity index (χ2n) is 3.64. The van der Waals surface area contributed by atoms with E-state index >= 15 is 0 Å². The van der Waals surface area contributed by atoms with Crippen LogP contribution in [0.5, 0.6) is 0 Å². The number of rotatable bonds is 6. The number of unbranched alkanes of at least 4 members (excludes halogenated alkanes) is 1. The molecule has 4 nitrogen and oxygen atoms in total. The summed E-state index contributed by atoms with van der Waals surface area (Å²) < 4.78 is 0. The maximum absolute atomic E-state index is 10.9. The van der Waals surface area contributed by atoms with Crippen LogP contribution in [0.1, 0.15) is 42.1 Å². The molecule has 0 atom stereocenters. The second kappa shape index (κ2) is 5.84. The zero-order valence-corrected chi connectivity index (χ0v) is 10.8. The van der Waals surface area contributed by atoms with Crippen LogP contribution in [0, 0.1) is 6.92 Å². The lowest BCUT2D eigenvalue weighted by molar-refractivity contribution is 0.0690. The number of anilines is 1. The van der Waals surface area contributed by atoms with Crippen molar-refractivity contribution in [1.82, 2.24) is 4.98 Å². The van der Waals surface area contributed by atoms with Gasteiger partial charge in [0.2, 0.25) is 0 Å². The molecule has 1 heterocycles. The van der Waals surface area contributed by atoms with Crippen molar-refractivity contribution in [3.05, 3.63) is 10.6 Å². The fourth-order valence-electron chi connectivity index (χ4n) is 1.45. The Hall–Kier alpha value is -1.10. The van der Waals surface area contributed by atoms with Gasteiger partial charge in [-0.2, -0.15) is 0 Å². The van der Waals surface area contributed by atoms with Gasteiger partial charge in [0.1, 0.15) is 0 Å². The van der Waals surface area contributed by atoms with E-state index < -0.39 is 5.97 Å². The number of carboxylic acid groups (broad SMARTS) is 1. The molecular formula is C11H18N2O2S. The third-order valence-electron chi connectivity index (χ3n) is 2.42. The molecule has 0 radical (unpaired) electrons. The summed E-state index contributed by atoms with van der Waals surface area (Å²) in [4.78, 5) is 18.0. The first-order valence-electron chi connectivity index (χ1n) is 5.55. The Morgan fingerprint density at radius 1 is 1.50 bits per heavy atom. The molecule has 1 rings (SSSR count). The Bertz CT molecular complexity index is 363. The van der Waals surface area contributed by atoms with Crippen molar-refractivity contribution in [2.45, 2.75) is 33.6 Å². The minimum Gasteiger partial charge on any atom is -0.476 e. The molecule has 1 aromatic rings. The number of carboxylic acids is 1. The number of aryl methyl sites for hydroxylation is 1. The molecule has 16 heavy (non-hydrogen) atoms. The number of carbonyl (C=O) groups is 1. The number of hydrogen-bond acceptors (Lipinski definition) is 4. The van der Waals surface area contributed by atoms with Gasteiger partial charge in [0, 0.05) is 18.0 Å². The standard InChI is InChI=1S/C11H18N2O2S/c1-4-6-7-13(5-2)11-12-9(10(14)15)8(3)16-11/h4-7H2,1-3H3,(H,14,15). The first-order chi connectivity index (χ1) is 7.60. The molecule has 1 aromatic heterocycles. The highest BCUT2D eigenvalue weighted by Gasteiger charge is 2.16. The Kier molecular flexibility index (Phi) is 4.73. The summed E-state index contributed by atoms with van der Waals surface area (Å²) in [5.74, 6) is -0.938. The molecule has 0 unspecified atom stereocenters. The van der Waals surface area contributed by atoms with Crippen LogP contribution in [0.4, 0.5) is 5.13 Å². The summed E-state index contributed by atoms with van der Waals surface area (Å²) in [6.45, 7) is 7.82. The largest absolute Gasteiger partial charge is 0.476 e. The average molecular weight is 242 g/mol. The minimum atomic E-state index is -0.938. The van der Waals surface area contributed by atoms with Crippen LogP contribution in [-0.4, -0.2) is 29.1 Å². The van der Waals surface area contributed by atoms with Gasteiger partial charge in [-0.05, 0) is 20.3 Å². The van der Waals surface area contributed by atoms with Gasteiger partial charge in [0.25, 0.3) is 0 Å². The van der Waals surface area contributed by atoms with E-state index in [-0.39, 0.29) is 5.69 Å². The molecule has 5 heteroatoms. The number of aromatic carboxylic acids is 1. The van der Waals surface area contributed by atoms with Crippen molar-refractivity contribution in [2.75, 3.05) is 18.0 Å². The monoisotopic (exact) mass is 242 g/mol. The van der Waals surface area contributed by atoms with Crippen LogP contribution >= 0.6 is 11.3 Å². The Morgan fingerprint density at radius 3 is 2.62 bits per heavy atom. The summed E-state index contributed by atoms with van der Waals surface area (Å²) >= 11 is 1.46. The summed E-state index contributed by atoms with van der Waals surface area (Å²) in [6.07, 6.45) is 2.24. The van der Waals surface area contributed by atoms with Crippen molar-refractivity contribution in [3.8, 4) is 0 Å². The lowest BCUT2D eigenvalue weighted by Crippen LogP contribution is -2.23. The van der Waals surface area contributed by atoms with Crippen molar-refractivity contribution >= 4 is 22.4 Å². The van der Waals surface area contributed by atoms with Crippen molar-refractivity contribution in [1.29, 1.82) is 0 Å². The third-order valence-corrected chi connectivity index (χ3v) is 3.45. The average Bonchev–Trinajstić information content (AvgIpc) is 2.62. The van der Waals surface area contributed by atoms with Crippen LogP contribution < -0.4 is 4.90 Å². The smallest absolute Gasteiger partial charge is 0.355 e. The van der Waals surface area contributed by atoms with Crippen molar-refractivity contribution in [3.63, 3.8) is 0 Å². The Morgan fingerprint density at radius 2 is 2.19 bits per heavy atom. The number of thiazole rings is 1. The van der Waals surface area contributed by atoms with E-state index in [0.717, 1.165) is 35.9 Å². The molecule has 0 aliphatic heterocycles. The van der Waals surface area contributed by atoms with Gasteiger partial charge >= 0.3 is 5.97 Å². The number of aromatic nitrogens is 1. The zero-order valence-electron chi connectivity index (χ0n) is 9.99. The fourth-order valence-corrected chi connectivity index (χ4v) is 2.44. The summed E-state index contributed by atoms with van der Waals surface area (Å²) in [5.41, 5.74) is 0.190. The lowest BCUT2D eigenvalue weighted by atomic mass is 10.3. The molecule has 0 aliphatic carbocycles. The van der Waals surface area contributed by atoms with Crippen LogP contribution in [0.2, 0.25) is 0 Å². The van der Waals surface area contributed by atoms with Crippen LogP contribution in [0.3, 0.4) is 0 Å². The van der Waals surface area contributed by atoms with Gasteiger partial charge in [0.05, 0.1) is 0 Å². The van der Waals surface area contributed by atoms with E-state index in [2.05, 4.69) is 23.7 Å². The first-order valence-corrected chi connectivity index (χ1v) is 6.37. The first kappa shape index (κ1) is 13.0. The molecule has 0 spiro atoms. The normalized spacial score (nSPS) is 10.4. The predicted octanol–water partition coefficient (Wildman–Crippen LogP) is 2.78. The maximum Gasteiger partial charge on any atom is 0.355 e. The lowest BCUT2D eigenvalue weighted by Gasteiger charge is -2.18. The number of nitrogens with zero attached hydrogens (tertiary/aromatic N) is 2. The predicted molar refractivity (Wildman–Crippen MR) is 66.6 cm³/mol. The highest BCUT2D eigenvalue weighted by atomic mass is 32.1. The highest BCUT2D eigenvalue weighted by Crippen LogP contribution is 2.25. The molecule has 90 valence electrons.